The minimum atomic E-state index is 0.219. The third kappa shape index (κ3) is 1.52. The van der Waals surface area contributed by atoms with Crippen molar-refractivity contribution in [2.75, 3.05) is 7.11 Å². The van der Waals surface area contributed by atoms with Crippen molar-refractivity contribution in [1.29, 1.82) is 0 Å². The number of carbonyl (C=O) groups is 1. The topological polar surface area (TPSA) is 26.3 Å². The summed E-state index contributed by atoms with van der Waals surface area (Å²) in [6.07, 6.45) is 7.96. The van der Waals surface area contributed by atoms with Crippen molar-refractivity contribution >= 4 is 5.78 Å². The lowest BCUT2D eigenvalue weighted by atomic mass is 9.70. The van der Waals surface area contributed by atoms with Crippen LogP contribution in [0.1, 0.15) is 44.9 Å². The molecule has 2 heteroatoms. The number of hydrogen-bond acceptors (Lipinski definition) is 2. The van der Waals surface area contributed by atoms with Gasteiger partial charge in [-0.25, -0.2) is 0 Å². The van der Waals surface area contributed by atoms with Crippen LogP contribution in [0.15, 0.2) is 0 Å². The first kappa shape index (κ1) is 9.20. The van der Waals surface area contributed by atoms with E-state index in [0.717, 1.165) is 12.8 Å². The molecular weight excluding hydrogens is 164 g/mol. The summed E-state index contributed by atoms with van der Waals surface area (Å²) in [5.74, 6) is 0.393. The highest BCUT2D eigenvalue weighted by molar-refractivity contribution is 5.80. The molecule has 2 aliphatic carbocycles. The maximum absolute atomic E-state index is 11.3. The highest BCUT2D eigenvalue weighted by atomic mass is 16.5. The molecule has 2 aliphatic rings. The number of rotatable bonds is 1. The van der Waals surface area contributed by atoms with Crippen LogP contribution in [0.2, 0.25) is 0 Å². The second kappa shape index (κ2) is 3.41. The molecular formula is C11H18O2. The van der Waals surface area contributed by atoms with E-state index in [1.807, 2.05) is 0 Å². The molecule has 0 heterocycles. The lowest BCUT2D eigenvalue weighted by molar-refractivity contribution is -0.131. The van der Waals surface area contributed by atoms with E-state index < -0.39 is 0 Å². The highest BCUT2D eigenvalue weighted by Gasteiger charge is 2.44. The van der Waals surface area contributed by atoms with Crippen LogP contribution >= 0.6 is 0 Å². The summed E-state index contributed by atoms with van der Waals surface area (Å²) < 4.78 is 5.48. The molecule has 13 heavy (non-hydrogen) atoms. The summed E-state index contributed by atoms with van der Waals surface area (Å²) >= 11 is 0. The van der Waals surface area contributed by atoms with Crippen LogP contribution in [0.4, 0.5) is 0 Å². The lowest BCUT2D eigenvalue weighted by Gasteiger charge is -2.39. The van der Waals surface area contributed by atoms with E-state index in [9.17, 15) is 4.79 Å². The predicted molar refractivity (Wildman–Crippen MR) is 50.6 cm³/mol. The monoisotopic (exact) mass is 182 g/mol. The summed E-state index contributed by atoms with van der Waals surface area (Å²) in [6, 6.07) is 0. The lowest BCUT2D eigenvalue weighted by Crippen LogP contribution is -2.40. The van der Waals surface area contributed by atoms with Gasteiger partial charge in [-0.3, -0.25) is 4.79 Å². The Labute approximate surface area is 79.7 Å². The van der Waals surface area contributed by atoms with E-state index in [4.69, 9.17) is 4.74 Å². The minimum absolute atomic E-state index is 0.219. The van der Waals surface area contributed by atoms with Crippen LogP contribution in [-0.2, 0) is 9.53 Å². The Bertz CT molecular complexity index is 204. The molecule has 2 saturated carbocycles. The van der Waals surface area contributed by atoms with Gasteiger partial charge in [-0.2, -0.15) is 0 Å². The molecule has 1 atom stereocenters. The molecule has 0 amide bonds. The molecule has 0 aromatic rings. The number of methoxy groups -OCH3 is 1. The van der Waals surface area contributed by atoms with E-state index >= 15 is 0 Å². The molecule has 0 saturated heterocycles. The van der Waals surface area contributed by atoms with Crippen molar-refractivity contribution < 1.29 is 9.53 Å². The number of hydrogen-bond donors (Lipinski definition) is 0. The van der Waals surface area contributed by atoms with E-state index in [1.54, 1.807) is 7.11 Å². The van der Waals surface area contributed by atoms with Crippen molar-refractivity contribution in [3.63, 3.8) is 0 Å². The maximum Gasteiger partial charge on any atom is 0.135 e. The Morgan fingerprint density at radius 1 is 1.31 bits per heavy atom. The molecule has 0 N–H and O–H groups in total. The fourth-order valence-electron chi connectivity index (χ4n) is 3.06. The molecule has 74 valence electrons. The van der Waals surface area contributed by atoms with Crippen molar-refractivity contribution in [2.24, 2.45) is 5.41 Å². The fraction of sp³-hybridized carbons (Fsp3) is 0.909. The Kier molecular flexibility index (Phi) is 2.41. The molecule has 0 radical (unpaired) electrons. The van der Waals surface area contributed by atoms with Gasteiger partial charge in [-0.05, 0) is 24.7 Å². The first-order chi connectivity index (χ1) is 6.27. The second-order valence-electron chi connectivity index (χ2n) is 4.54. The summed E-state index contributed by atoms with van der Waals surface area (Å²) in [6.45, 7) is 0. The van der Waals surface area contributed by atoms with Crippen molar-refractivity contribution in [3.8, 4) is 0 Å². The SMILES string of the molecule is COC1CC(=O)CCC12CCCC2. The zero-order valence-electron chi connectivity index (χ0n) is 8.34. The van der Waals surface area contributed by atoms with Gasteiger partial charge in [-0.15, -0.1) is 0 Å². The summed E-state index contributed by atoms with van der Waals surface area (Å²) in [5.41, 5.74) is 0.378. The number of ketones is 1. The van der Waals surface area contributed by atoms with Gasteiger partial charge in [0.15, 0.2) is 0 Å². The molecule has 2 rings (SSSR count). The van der Waals surface area contributed by atoms with Gasteiger partial charge in [-0.1, -0.05) is 12.8 Å². The van der Waals surface area contributed by atoms with Crippen LogP contribution in [0, 0.1) is 5.41 Å². The van der Waals surface area contributed by atoms with Gasteiger partial charge >= 0.3 is 0 Å². The largest absolute Gasteiger partial charge is 0.380 e. The van der Waals surface area contributed by atoms with Gasteiger partial charge in [0.2, 0.25) is 0 Å². The molecule has 0 aromatic heterocycles. The zero-order valence-corrected chi connectivity index (χ0v) is 8.34. The number of carbonyl (C=O) groups excluding carboxylic acids is 1. The highest BCUT2D eigenvalue weighted by Crippen LogP contribution is 2.49. The average molecular weight is 182 g/mol. The molecule has 1 spiro atoms. The van der Waals surface area contributed by atoms with Crippen molar-refractivity contribution in [2.45, 2.75) is 51.0 Å². The van der Waals surface area contributed by atoms with Crippen LogP contribution in [0.3, 0.4) is 0 Å². The predicted octanol–water partition coefficient (Wildman–Crippen LogP) is 2.31. The Hall–Kier alpha value is -0.370. The van der Waals surface area contributed by atoms with Crippen molar-refractivity contribution in [3.05, 3.63) is 0 Å². The molecule has 0 aromatic carbocycles. The molecule has 0 bridgehead atoms. The molecule has 2 fully saturated rings. The summed E-state index contributed by atoms with van der Waals surface area (Å²) in [7, 11) is 1.75. The third-order valence-corrected chi connectivity index (χ3v) is 3.88. The van der Waals surface area contributed by atoms with Gasteiger partial charge < -0.3 is 4.74 Å². The Balaban J connectivity index is 2.12. The van der Waals surface area contributed by atoms with E-state index in [2.05, 4.69) is 0 Å². The first-order valence-electron chi connectivity index (χ1n) is 5.31. The minimum Gasteiger partial charge on any atom is -0.380 e. The van der Waals surface area contributed by atoms with Crippen LogP contribution < -0.4 is 0 Å². The maximum atomic E-state index is 11.3. The number of ether oxygens (including phenoxy) is 1. The van der Waals surface area contributed by atoms with Gasteiger partial charge in [0.05, 0.1) is 6.10 Å². The molecule has 0 aliphatic heterocycles. The fourth-order valence-corrected chi connectivity index (χ4v) is 3.06. The normalized spacial score (nSPS) is 32.7. The van der Waals surface area contributed by atoms with E-state index in [0.29, 0.717) is 17.6 Å². The van der Waals surface area contributed by atoms with E-state index in [1.165, 1.54) is 25.7 Å². The van der Waals surface area contributed by atoms with E-state index in [-0.39, 0.29) is 6.10 Å². The average Bonchev–Trinajstić information content (AvgIpc) is 2.59. The van der Waals surface area contributed by atoms with Crippen molar-refractivity contribution in [1.82, 2.24) is 0 Å². The quantitative estimate of drug-likeness (QED) is 0.622. The van der Waals surface area contributed by atoms with Crippen LogP contribution in [-0.4, -0.2) is 19.0 Å². The first-order valence-corrected chi connectivity index (χ1v) is 5.31. The van der Waals surface area contributed by atoms with Crippen LogP contribution in [0.5, 0.6) is 0 Å². The second-order valence-corrected chi connectivity index (χ2v) is 4.54. The van der Waals surface area contributed by atoms with Crippen LogP contribution in [0.25, 0.3) is 0 Å². The summed E-state index contributed by atoms with van der Waals surface area (Å²) in [5, 5.41) is 0. The zero-order chi connectivity index (χ0) is 9.31. The van der Waals surface area contributed by atoms with Gasteiger partial charge in [0.1, 0.15) is 5.78 Å². The standard InChI is InChI=1S/C11H18O2/c1-13-10-8-9(12)4-7-11(10)5-2-3-6-11/h10H,2-8H2,1H3. The third-order valence-electron chi connectivity index (χ3n) is 3.88. The van der Waals surface area contributed by atoms with Gasteiger partial charge in [0, 0.05) is 20.0 Å². The molecule has 2 nitrogen and oxygen atoms in total. The Morgan fingerprint density at radius 3 is 2.62 bits per heavy atom. The summed E-state index contributed by atoms with van der Waals surface area (Å²) in [4.78, 5) is 11.3. The molecule has 1 unspecified atom stereocenters. The Morgan fingerprint density at radius 2 is 2.00 bits per heavy atom. The van der Waals surface area contributed by atoms with Gasteiger partial charge in [0.25, 0.3) is 0 Å². The number of Topliss-reactive ketones (excluding diaryl/α,β-unsaturated/α-hetero) is 1. The smallest absolute Gasteiger partial charge is 0.135 e.